The third-order valence-corrected chi connectivity index (χ3v) is 4.50. The molecule has 4 nitrogen and oxygen atoms in total. The van der Waals surface area contributed by atoms with Crippen molar-refractivity contribution in [3.05, 3.63) is 18.0 Å². The molecule has 3 rings (SSSR count). The molecule has 1 N–H and O–H groups in total. The van der Waals surface area contributed by atoms with Gasteiger partial charge in [-0.15, -0.1) is 0 Å². The average molecular weight is 249 g/mol. The topological polar surface area (TPSA) is 41.3 Å². The fourth-order valence-electron chi connectivity index (χ4n) is 3.31. The molecule has 1 saturated carbocycles. The molecule has 100 valence electrons. The number of nitrogens with zero attached hydrogens (tertiary/aromatic N) is 3. The minimum Gasteiger partial charge on any atom is -0.388 e. The molecule has 4 heteroatoms. The van der Waals surface area contributed by atoms with Gasteiger partial charge in [-0.05, 0) is 45.1 Å². The van der Waals surface area contributed by atoms with E-state index in [1.165, 1.54) is 18.5 Å². The lowest BCUT2D eigenvalue weighted by Gasteiger charge is -2.23. The Bertz CT molecular complexity index is 426. The van der Waals surface area contributed by atoms with Gasteiger partial charge in [0.05, 0.1) is 5.60 Å². The summed E-state index contributed by atoms with van der Waals surface area (Å²) in [5, 5.41) is 14.9. The van der Waals surface area contributed by atoms with Gasteiger partial charge in [0.2, 0.25) is 0 Å². The SMILES string of the molecule is CC1CC(O)(CCc2ccnn2C)CN1C1CC1. The van der Waals surface area contributed by atoms with Crippen molar-refractivity contribution in [3.63, 3.8) is 0 Å². The Morgan fingerprint density at radius 1 is 1.50 bits per heavy atom. The summed E-state index contributed by atoms with van der Waals surface area (Å²) in [4.78, 5) is 2.50. The minimum absolute atomic E-state index is 0.494. The fourth-order valence-corrected chi connectivity index (χ4v) is 3.31. The Morgan fingerprint density at radius 2 is 2.28 bits per heavy atom. The Labute approximate surface area is 109 Å². The van der Waals surface area contributed by atoms with Crippen LogP contribution in [-0.4, -0.2) is 44.0 Å². The molecule has 2 heterocycles. The zero-order valence-corrected chi connectivity index (χ0v) is 11.3. The second kappa shape index (κ2) is 4.35. The molecular formula is C14H23N3O. The molecule has 1 aliphatic carbocycles. The highest BCUT2D eigenvalue weighted by atomic mass is 16.3. The van der Waals surface area contributed by atoms with Crippen molar-refractivity contribution in [3.8, 4) is 0 Å². The maximum atomic E-state index is 10.7. The van der Waals surface area contributed by atoms with Crippen LogP contribution in [0.5, 0.6) is 0 Å². The predicted molar refractivity (Wildman–Crippen MR) is 70.3 cm³/mol. The minimum atomic E-state index is -0.494. The standard InChI is InChI=1S/C14H23N3O/c1-11-9-14(18,10-17(11)13-3-4-13)7-5-12-6-8-15-16(12)2/h6,8,11,13,18H,3-5,7,9-10H2,1-2H3. The maximum absolute atomic E-state index is 10.7. The van der Waals surface area contributed by atoms with Crippen LogP contribution in [0, 0.1) is 0 Å². The van der Waals surface area contributed by atoms with Crippen LogP contribution in [0.2, 0.25) is 0 Å². The second-order valence-corrected chi connectivity index (χ2v) is 6.13. The normalized spacial score (nSPS) is 33.2. The molecule has 18 heavy (non-hydrogen) atoms. The van der Waals surface area contributed by atoms with Crippen molar-refractivity contribution >= 4 is 0 Å². The molecule has 0 amide bonds. The fraction of sp³-hybridized carbons (Fsp3) is 0.786. The quantitative estimate of drug-likeness (QED) is 0.875. The van der Waals surface area contributed by atoms with Gasteiger partial charge in [-0.3, -0.25) is 9.58 Å². The van der Waals surface area contributed by atoms with Crippen LogP contribution in [-0.2, 0) is 13.5 Å². The van der Waals surface area contributed by atoms with Crippen molar-refractivity contribution < 1.29 is 5.11 Å². The molecule has 2 aliphatic rings. The van der Waals surface area contributed by atoms with E-state index in [1.807, 2.05) is 24.0 Å². The predicted octanol–water partition coefficient (Wildman–Crippen LogP) is 1.34. The lowest BCUT2D eigenvalue weighted by atomic mass is 9.94. The first-order valence-corrected chi connectivity index (χ1v) is 7.02. The van der Waals surface area contributed by atoms with E-state index in [-0.39, 0.29) is 0 Å². The number of aryl methyl sites for hydroxylation is 2. The van der Waals surface area contributed by atoms with E-state index >= 15 is 0 Å². The Hall–Kier alpha value is -0.870. The zero-order valence-electron chi connectivity index (χ0n) is 11.3. The van der Waals surface area contributed by atoms with Crippen LogP contribution < -0.4 is 0 Å². The van der Waals surface area contributed by atoms with Crippen molar-refractivity contribution in [2.24, 2.45) is 7.05 Å². The van der Waals surface area contributed by atoms with Crippen LogP contribution in [0.3, 0.4) is 0 Å². The lowest BCUT2D eigenvalue weighted by Crippen LogP contribution is -2.35. The molecule has 1 aromatic heterocycles. The van der Waals surface area contributed by atoms with Gasteiger partial charge < -0.3 is 5.11 Å². The van der Waals surface area contributed by atoms with Crippen LogP contribution in [0.15, 0.2) is 12.3 Å². The van der Waals surface area contributed by atoms with Crippen LogP contribution >= 0.6 is 0 Å². The van der Waals surface area contributed by atoms with E-state index in [0.717, 1.165) is 31.8 Å². The van der Waals surface area contributed by atoms with Crippen molar-refractivity contribution in [1.82, 2.24) is 14.7 Å². The number of likely N-dealkylation sites (tertiary alicyclic amines) is 1. The van der Waals surface area contributed by atoms with Gasteiger partial charge in [0.15, 0.2) is 0 Å². The van der Waals surface area contributed by atoms with Gasteiger partial charge >= 0.3 is 0 Å². The first-order chi connectivity index (χ1) is 8.57. The molecular weight excluding hydrogens is 226 g/mol. The summed E-state index contributed by atoms with van der Waals surface area (Å²) in [7, 11) is 1.97. The van der Waals surface area contributed by atoms with E-state index in [1.54, 1.807) is 0 Å². The van der Waals surface area contributed by atoms with Crippen molar-refractivity contribution in [1.29, 1.82) is 0 Å². The molecule has 1 saturated heterocycles. The second-order valence-electron chi connectivity index (χ2n) is 6.13. The van der Waals surface area contributed by atoms with Gasteiger partial charge in [-0.1, -0.05) is 0 Å². The van der Waals surface area contributed by atoms with Gasteiger partial charge in [0.25, 0.3) is 0 Å². The maximum Gasteiger partial charge on any atom is 0.0792 e. The number of hydrogen-bond acceptors (Lipinski definition) is 3. The number of aliphatic hydroxyl groups is 1. The first-order valence-electron chi connectivity index (χ1n) is 7.02. The van der Waals surface area contributed by atoms with Gasteiger partial charge in [0.1, 0.15) is 0 Å². The van der Waals surface area contributed by atoms with Crippen molar-refractivity contribution in [2.45, 2.75) is 56.7 Å². The van der Waals surface area contributed by atoms with Gasteiger partial charge in [0, 0.05) is 37.6 Å². The molecule has 0 spiro atoms. The number of aromatic nitrogens is 2. The Kier molecular flexibility index (Phi) is 2.94. The van der Waals surface area contributed by atoms with Gasteiger partial charge in [-0.25, -0.2) is 0 Å². The molecule has 1 aromatic rings. The molecule has 2 unspecified atom stereocenters. The number of hydrogen-bond donors (Lipinski definition) is 1. The Balaban J connectivity index is 1.60. The third-order valence-electron chi connectivity index (χ3n) is 4.50. The lowest BCUT2D eigenvalue weighted by molar-refractivity contribution is 0.0395. The van der Waals surface area contributed by atoms with E-state index in [0.29, 0.717) is 6.04 Å². The first kappa shape index (κ1) is 12.2. The highest BCUT2D eigenvalue weighted by Crippen LogP contribution is 2.38. The van der Waals surface area contributed by atoms with Crippen LogP contribution in [0.4, 0.5) is 0 Å². The monoisotopic (exact) mass is 249 g/mol. The van der Waals surface area contributed by atoms with E-state index in [9.17, 15) is 5.11 Å². The Morgan fingerprint density at radius 3 is 2.89 bits per heavy atom. The molecule has 1 aliphatic heterocycles. The van der Waals surface area contributed by atoms with E-state index in [2.05, 4.69) is 16.9 Å². The summed E-state index contributed by atoms with van der Waals surface area (Å²) < 4.78 is 1.90. The van der Waals surface area contributed by atoms with Crippen LogP contribution in [0.1, 0.15) is 38.3 Å². The van der Waals surface area contributed by atoms with E-state index in [4.69, 9.17) is 0 Å². The summed E-state index contributed by atoms with van der Waals surface area (Å²) in [5.74, 6) is 0. The summed E-state index contributed by atoms with van der Waals surface area (Å²) in [6.45, 7) is 3.11. The summed E-state index contributed by atoms with van der Waals surface area (Å²) in [5.41, 5.74) is 0.715. The van der Waals surface area contributed by atoms with Gasteiger partial charge in [-0.2, -0.15) is 5.10 Å². The highest BCUT2D eigenvalue weighted by Gasteiger charge is 2.45. The summed E-state index contributed by atoms with van der Waals surface area (Å²) in [6, 6.07) is 3.33. The van der Waals surface area contributed by atoms with E-state index < -0.39 is 5.60 Å². The largest absolute Gasteiger partial charge is 0.388 e. The van der Waals surface area contributed by atoms with Crippen molar-refractivity contribution in [2.75, 3.05) is 6.54 Å². The molecule has 0 bridgehead atoms. The summed E-state index contributed by atoms with van der Waals surface area (Å²) >= 11 is 0. The molecule has 0 aromatic carbocycles. The molecule has 0 radical (unpaired) electrons. The zero-order chi connectivity index (χ0) is 12.8. The third kappa shape index (κ3) is 2.31. The molecule has 2 fully saturated rings. The molecule has 2 atom stereocenters. The average Bonchev–Trinajstić information content (AvgIpc) is 3.01. The number of rotatable bonds is 4. The number of β-amino-alcohol motifs (C(OH)–C–C–N with tert-alkyl or cyclic N) is 1. The highest BCUT2D eigenvalue weighted by molar-refractivity contribution is 5.05. The smallest absolute Gasteiger partial charge is 0.0792 e. The summed E-state index contributed by atoms with van der Waals surface area (Å²) in [6.07, 6.45) is 7.15. The van der Waals surface area contributed by atoms with Crippen LogP contribution in [0.25, 0.3) is 0 Å².